The highest BCUT2D eigenvalue weighted by atomic mass is 32.2. The Morgan fingerprint density at radius 3 is 2.41 bits per heavy atom. The first-order valence-electron chi connectivity index (χ1n) is 11.2. The Morgan fingerprint density at radius 2 is 1.72 bits per heavy atom. The molecule has 0 N–H and O–H groups in total. The molecule has 2 unspecified atom stereocenters. The van der Waals surface area contributed by atoms with Crippen molar-refractivity contribution in [1.82, 2.24) is 9.80 Å². The number of benzene rings is 2. The number of amides is 2. The molecule has 2 aliphatic heterocycles. The highest BCUT2D eigenvalue weighted by molar-refractivity contribution is 7.99. The van der Waals surface area contributed by atoms with Crippen molar-refractivity contribution >= 4 is 23.8 Å². The van der Waals surface area contributed by atoms with E-state index >= 15 is 0 Å². The third kappa shape index (κ3) is 5.38. The van der Waals surface area contributed by atoms with Crippen molar-refractivity contribution in [2.45, 2.75) is 38.0 Å². The van der Waals surface area contributed by atoms with Gasteiger partial charge in [0.1, 0.15) is 11.9 Å². The van der Waals surface area contributed by atoms with E-state index in [1.54, 1.807) is 11.8 Å². The number of cyclic esters (lactones) is 1. The van der Waals surface area contributed by atoms with Gasteiger partial charge >= 0.3 is 6.09 Å². The van der Waals surface area contributed by atoms with Crippen LogP contribution < -0.4 is 4.74 Å². The van der Waals surface area contributed by atoms with Crippen LogP contribution in [-0.4, -0.2) is 65.1 Å². The zero-order valence-corrected chi connectivity index (χ0v) is 19.2. The zero-order valence-electron chi connectivity index (χ0n) is 18.4. The van der Waals surface area contributed by atoms with Crippen LogP contribution in [-0.2, 0) is 9.53 Å². The van der Waals surface area contributed by atoms with Crippen molar-refractivity contribution in [2.24, 2.45) is 0 Å². The molecule has 2 aromatic carbocycles. The van der Waals surface area contributed by atoms with E-state index in [1.807, 2.05) is 77.4 Å². The molecule has 6 nitrogen and oxygen atoms in total. The van der Waals surface area contributed by atoms with Gasteiger partial charge in [0.25, 0.3) is 0 Å². The molecular weight excluding hydrogens is 424 g/mol. The Bertz CT molecular complexity index is 887. The summed E-state index contributed by atoms with van der Waals surface area (Å²) in [7, 11) is 0. The van der Waals surface area contributed by atoms with E-state index in [9.17, 15) is 9.59 Å². The second-order valence-corrected chi connectivity index (χ2v) is 9.29. The maximum Gasteiger partial charge on any atom is 0.411 e. The molecule has 4 rings (SSSR count). The molecule has 7 heteroatoms. The van der Waals surface area contributed by atoms with Crippen LogP contribution in [0.5, 0.6) is 5.75 Å². The van der Waals surface area contributed by atoms with Crippen molar-refractivity contribution in [3.05, 3.63) is 66.2 Å². The molecule has 2 heterocycles. The van der Waals surface area contributed by atoms with E-state index in [4.69, 9.17) is 9.47 Å². The number of carbonyl (C=O) groups is 2. The molecule has 2 atom stereocenters. The van der Waals surface area contributed by atoms with Crippen LogP contribution in [0.15, 0.2) is 60.7 Å². The average Bonchev–Trinajstić information content (AvgIpc) is 3.14. The number of thioether (sulfide) groups is 1. The number of rotatable bonds is 8. The summed E-state index contributed by atoms with van der Waals surface area (Å²) in [5.74, 6) is 2.24. The number of likely N-dealkylation sites (tertiary alicyclic amines) is 1. The molecule has 0 radical (unpaired) electrons. The molecule has 0 aromatic heterocycles. The second kappa shape index (κ2) is 10.8. The summed E-state index contributed by atoms with van der Waals surface area (Å²) in [4.78, 5) is 29.0. The third-order valence-corrected chi connectivity index (χ3v) is 7.03. The Morgan fingerprint density at radius 1 is 1.06 bits per heavy atom. The summed E-state index contributed by atoms with van der Waals surface area (Å²) in [6.45, 7) is 3.99. The average molecular weight is 455 g/mol. The number of hydrogen-bond donors (Lipinski definition) is 0. The maximum absolute atomic E-state index is 12.6. The van der Waals surface area contributed by atoms with Crippen LogP contribution >= 0.6 is 11.8 Å². The fourth-order valence-electron chi connectivity index (χ4n) is 4.43. The lowest BCUT2D eigenvalue weighted by Gasteiger charge is -2.37. The Labute approximate surface area is 193 Å². The lowest BCUT2D eigenvalue weighted by Crippen LogP contribution is -2.49. The number of ether oxygens (including phenoxy) is 2. The van der Waals surface area contributed by atoms with Crippen molar-refractivity contribution in [2.75, 3.05) is 31.2 Å². The number of para-hydroxylation sites is 1. The first-order chi connectivity index (χ1) is 15.6. The van der Waals surface area contributed by atoms with Gasteiger partial charge in [-0.2, -0.15) is 0 Å². The van der Waals surface area contributed by atoms with E-state index in [1.165, 1.54) is 0 Å². The fraction of sp³-hybridized carbons (Fsp3) is 0.440. The predicted molar refractivity (Wildman–Crippen MR) is 126 cm³/mol. The van der Waals surface area contributed by atoms with Gasteiger partial charge in [-0.25, -0.2) is 4.79 Å². The largest absolute Gasteiger partial charge is 0.493 e. The van der Waals surface area contributed by atoms with E-state index in [0.717, 1.165) is 29.9 Å². The van der Waals surface area contributed by atoms with Crippen LogP contribution in [0, 0.1) is 0 Å². The molecule has 2 amide bonds. The molecule has 0 bridgehead atoms. The smallest absolute Gasteiger partial charge is 0.411 e. The minimum atomic E-state index is -0.245. The summed E-state index contributed by atoms with van der Waals surface area (Å²) < 4.78 is 11.4. The highest BCUT2D eigenvalue weighted by Gasteiger charge is 2.44. The number of hydrogen-bond acceptors (Lipinski definition) is 5. The number of piperidine rings is 1. The minimum absolute atomic E-state index is 0.0164. The van der Waals surface area contributed by atoms with E-state index in [2.05, 4.69) is 0 Å². The minimum Gasteiger partial charge on any atom is -0.493 e. The van der Waals surface area contributed by atoms with E-state index in [-0.39, 0.29) is 30.2 Å². The standard InChI is InChI=1S/C25H30N2O4S/c1-19-24(20-8-4-2-5-9-20)31-25(29)27(19)21-12-14-26(15-13-21)23(28)18-32-17-16-30-22-10-6-3-7-11-22/h2-11,19,21,24H,12-18H2,1H3. The lowest BCUT2D eigenvalue weighted by molar-refractivity contribution is -0.129. The van der Waals surface area contributed by atoms with Gasteiger partial charge in [0.15, 0.2) is 0 Å². The van der Waals surface area contributed by atoms with Gasteiger partial charge in [0.05, 0.1) is 18.4 Å². The van der Waals surface area contributed by atoms with Gasteiger partial charge in [-0.15, -0.1) is 11.8 Å². The van der Waals surface area contributed by atoms with Gasteiger partial charge < -0.3 is 14.4 Å². The van der Waals surface area contributed by atoms with E-state index in [0.29, 0.717) is 25.4 Å². The molecule has 32 heavy (non-hydrogen) atoms. The van der Waals surface area contributed by atoms with Crippen LogP contribution in [0.25, 0.3) is 0 Å². The number of nitrogens with zero attached hydrogens (tertiary/aromatic N) is 2. The summed E-state index contributed by atoms with van der Waals surface area (Å²) in [5.41, 5.74) is 1.02. The molecule has 2 aliphatic rings. The third-order valence-electron chi connectivity index (χ3n) is 6.12. The second-order valence-electron chi connectivity index (χ2n) is 8.19. The predicted octanol–water partition coefficient (Wildman–Crippen LogP) is 4.37. The monoisotopic (exact) mass is 454 g/mol. The van der Waals surface area contributed by atoms with Crippen molar-refractivity contribution in [3.63, 3.8) is 0 Å². The summed E-state index contributed by atoms with van der Waals surface area (Å²) in [6, 6.07) is 19.7. The molecule has 2 aromatic rings. The SMILES string of the molecule is CC1C(c2ccccc2)OC(=O)N1C1CCN(C(=O)CSCCOc2ccccc2)CC1. The molecule has 0 saturated carbocycles. The molecule has 2 saturated heterocycles. The highest BCUT2D eigenvalue weighted by Crippen LogP contribution is 2.35. The molecule has 0 spiro atoms. The normalized spacial score (nSPS) is 21.5. The van der Waals surface area contributed by atoms with Gasteiger partial charge in [-0.3, -0.25) is 9.69 Å². The molecule has 0 aliphatic carbocycles. The first kappa shape index (κ1) is 22.5. The van der Waals surface area contributed by atoms with Gasteiger partial charge in [0, 0.05) is 24.9 Å². The molecular formula is C25H30N2O4S. The Kier molecular flexibility index (Phi) is 7.58. The Balaban J connectivity index is 1.19. The molecule has 170 valence electrons. The zero-order chi connectivity index (χ0) is 22.3. The van der Waals surface area contributed by atoms with Gasteiger partial charge in [0.2, 0.25) is 5.91 Å². The van der Waals surface area contributed by atoms with Gasteiger partial charge in [-0.05, 0) is 37.5 Å². The molecule has 2 fully saturated rings. The quantitative estimate of drug-likeness (QED) is 0.555. The summed E-state index contributed by atoms with van der Waals surface area (Å²) >= 11 is 1.60. The summed E-state index contributed by atoms with van der Waals surface area (Å²) in [6.07, 6.45) is 1.09. The van der Waals surface area contributed by atoms with Gasteiger partial charge in [-0.1, -0.05) is 48.5 Å². The Hall–Kier alpha value is -2.67. The van der Waals surface area contributed by atoms with Crippen molar-refractivity contribution in [1.29, 1.82) is 0 Å². The van der Waals surface area contributed by atoms with Crippen LogP contribution in [0.4, 0.5) is 4.79 Å². The van der Waals surface area contributed by atoms with Crippen molar-refractivity contribution < 1.29 is 19.1 Å². The summed E-state index contributed by atoms with van der Waals surface area (Å²) in [5, 5.41) is 0. The van der Waals surface area contributed by atoms with Crippen LogP contribution in [0.3, 0.4) is 0 Å². The number of carbonyl (C=O) groups excluding carboxylic acids is 2. The van der Waals surface area contributed by atoms with Crippen LogP contribution in [0.2, 0.25) is 0 Å². The van der Waals surface area contributed by atoms with Crippen molar-refractivity contribution in [3.8, 4) is 5.75 Å². The fourth-order valence-corrected chi connectivity index (χ4v) is 5.13. The lowest BCUT2D eigenvalue weighted by atomic mass is 9.98. The van der Waals surface area contributed by atoms with Crippen LogP contribution in [0.1, 0.15) is 31.4 Å². The van der Waals surface area contributed by atoms with E-state index < -0.39 is 0 Å². The first-order valence-corrected chi connectivity index (χ1v) is 12.4. The topological polar surface area (TPSA) is 59.1 Å². The maximum atomic E-state index is 12.6.